The van der Waals surface area contributed by atoms with Crippen molar-refractivity contribution >= 4 is 0 Å². The van der Waals surface area contributed by atoms with Crippen LogP contribution in [0.5, 0.6) is 0 Å². The van der Waals surface area contributed by atoms with Gasteiger partial charge in [0.15, 0.2) is 0 Å². The Hall–Kier alpha value is -1.69. The van der Waals surface area contributed by atoms with Crippen LogP contribution in [-0.2, 0) is 20.1 Å². The molecule has 0 radical (unpaired) electrons. The maximum absolute atomic E-state index is 4.35. The van der Waals surface area contributed by atoms with Crippen LogP contribution in [0.2, 0.25) is 0 Å². The van der Waals surface area contributed by atoms with Gasteiger partial charge in [0.1, 0.15) is 12.2 Å². The molecule has 0 aliphatic heterocycles. The van der Waals surface area contributed by atoms with E-state index in [1.54, 1.807) is 6.33 Å². The summed E-state index contributed by atoms with van der Waals surface area (Å²) >= 11 is 0. The second kappa shape index (κ2) is 5.13. The summed E-state index contributed by atoms with van der Waals surface area (Å²) in [6, 6.07) is 2.07. The molecule has 2 aromatic rings. The third-order valence-corrected chi connectivity index (χ3v) is 2.88. The fourth-order valence-corrected chi connectivity index (χ4v) is 1.87. The average molecular weight is 262 g/mol. The molecule has 0 saturated carbocycles. The average Bonchev–Trinajstić information content (AvgIpc) is 2.83. The standard InChI is InChI=1S/C13H22N6/c1-10-6-11(18(5)17-10)8-19-12(14-9-16-19)7-15-13(2,3)4/h6,9,15H,7-8H2,1-5H3. The zero-order valence-corrected chi connectivity index (χ0v) is 12.3. The number of nitrogens with zero attached hydrogens (tertiary/aromatic N) is 5. The lowest BCUT2D eigenvalue weighted by atomic mass is 10.1. The van der Waals surface area contributed by atoms with E-state index in [1.165, 1.54) is 0 Å². The third-order valence-electron chi connectivity index (χ3n) is 2.88. The zero-order chi connectivity index (χ0) is 14.0. The summed E-state index contributed by atoms with van der Waals surface area (Å²) in [5.74, 6) is 0.939. The van der Waals surface area contributed by atoms with E-state index in [0.717, 1.165) is 17.2 Å². The van der Waals surface area contributed by atoms with Gasteiger partial charge in [-0.2, -0.15) is 10.2 Å². The van der Waals surface area contributed by atoms with Gasteiger partial charge in [-0.15, -0.1) is 0 Å². The quantitative estimate of drug-likeness (QED) is 0.901. The van der Waals surface area contributed by atoms with E-state index >= 15 is 0 Å². The van der Waals surface area contributed by atoms with E-state index in [1.807, 2.05) is 23.3 Å². The molecule has 2 heterocycles. The van der Waals surface area contributed by atoms with Gasteiger partial charge in [0.05, 0.1) is 24.5 Å². The molecule has 2 rings (SSSR count). The number of nitrogens with one attached hydrogen (secondary N) is 1. The first-order valence-corrected chi connectivity index (χ1v) is 6.46. The van der Waals surface area contributed by atoms with Gasteiger partial charge >= 0.3 is 0 Å². The molecule has 6 nitrogen and oxygen atoms in total. The minimum atomic E-state index is 0.0693. The summed E-state index contributed by atoms with van der Waals surface area (Å²) in [4.78, 5) is 4.31. The van der Waals surface area contributed by atoms with Crippen molar-refractivity contribution in [3.05, 3.63) is 29.6 Å². The van der Waals surface area contributed by atoms with E-state index < -0.39 is 0 Å². The van der Waals surface area contributed by atoms with Crippen molar-refractivity contribution < 1.29 is 0 Å². The normalized spacial score (nSPS) is 12.1. The van der Waals surface area contributed by atoms with Crippen LogP contribution < -0.4 is 5.32 Å². The number of aromatic nitrogens is 5. The van der Waals surface area contributed by atoms with Gasteiger partial charge in [-0.25, -0.2) is 9.67 Å². The lowest BCUT2D eigenvalue weighted by Crippen LogP contribution is -2.36. The molecule has 0 aliphatic rings. The summed E-state index contributed by atoms with van der Waals surface area (Å²) in [5.41, 5.74) is 2.21. The SMILES string of the molecule is Cc1cc(Cn2ncnc2CNC(C)(C)C)n(C)n1. The summed E-state index contributed by atoms with van der Waals surface area (Å²) in [6.07, 6.45) is 1.60. The highest BCUT2D eigenvalue weighted by Gasteiger charge is 2.12. The van der Waals surface area contributed by atoms with Crippen LogP contribution in [0.25, 0.3) is 0 Å². The van der Waals surface area contributed by atoms with E-state index in [9.17, 15) is 0 Å². The predicted octanol–water partition coefficient (Wildman–Crippen LogP) is 1.26. The summed E-state index contributed by atoms with van der Waals surface area (Å²) in [6.45, 7) is 9.81. The summed E-state index contributed by atoms with van der Waals surface area (Å²) in [7, 11) is 1.95. The minimum Gasteiger partial charge on any atom is -0.305 e. The van der Waals surface area contributed by atoms with Crippen molar-refractivity contribution in [3.63, 3.8) is 0 Å². The molecule has 2 aromatic heterocycles. The van der Waals surface area contributed by atoms with Gasteiger partial charge in [-0.3, -0.25) is 4.68 Å². The Morgan fingerprint density at radius 3 is 2.63 bits per heavy atom. The molecule has 1 N–H and O–H groups in total. The zero-order valence-electron chi connectivity index (χ0n) is 12.3. The minimum absolute atomic E-state index is 0.0693. The molecule has 0 unspecified atom stereocenters. The van der Waals surface area contributed by atoms with Gasteiger partial charge in [0.25, 0.3) is 0 Å². The topological polar surface area (TPSA) is 60.6 Å². The molecule has 0 atom stereocenters. The van der Waals surface area contributed by atoms with Crippen molar-refractivity contribution in [1.29, 1.82) is 0 Å². The van der Waals surface area contributed by atoms with E-state index in [0.29, 0.717) is 13.1 Å². The van der Waals surface area contributed by atoms with Crippen LogP contribution in [0, 0.1) is 6.92 Å². The summed E-state index contributed by atoms with van der Waals surface area (Å²) in [5, 5.41) is 12.1. The van der Waals surface area contributed by atoms with E-state index in [2.05, 4.69) is 47.3 Å². The van der Waals surface area contributed by atoms with Crippen molar-refractivity contribution in [2.45, 2.75) is 46.3 Å². The Balaban J connectivity index is 2.09. The molecule has 0 saturated heterocycles. The third kappa shape index (κ3) is 3.64. The molecule has 104 valence electrons. The molecular formula is C13H22N6. The van der Waals surface area contributed by atoms with Crippen LogP contribution in [-0.4, -0.2) is 30.1 Å². The second-order valence-electron chi connectivity index (χ2n) is 5.84. The van der Waals surface area contributed by atoms with Gasteiger partial charge in [-0.05, 0) is 33.8 Å². The molecular weight excluding hydrogens is 240 g/mol. The fourth-order valence-electron chi connectivity index (χ4n) is 1.87. The van der Waals surface area contributed by atoms with Crippen LogP contribution in [0.3, 0.4) is 0 Å². The van der Waals surface area contributed by atoms with Gasteiger partial charge in [0.2, 0.25) is 0 Å². The maximum atomic E-state index is 4.35. The van der Waals surface area contributed by atoms with Crippen LogP contribution in [0.4, 0.5) is 0 Å². The van der Waals surface area contributed by atoms with Crippen molar-refractivity contribution in [2.75, 3.05) is 0 Å². The van der Waals surface area contributed by atoms with Gasteiger partial charge in [-0.1, -0.05) is 0 Å². The second-order valence-corrected chi connectivity index (χ2v) is 5.84. The first-order valence-electron chi connectivity index (χ1n) is 6.46. The fraction of sp³-hybridized carbons (Fsp3) is 0.615. The first kappa shape index (κ1) is 13.7. The number of rotatable bonds is 4. The monoisotopic (exact) mass is 262 g/mol. The number of hydrogen-bond acceptors (Lipinski definition) is 4. The van der Waals surface area contributed by atoms with Crippen LogP contribution in [0.15, 0.2) is 12.4 Å². The Morgan fingerprint density at radius 1 is 1.32 bits per heavy atom. The van der Waals surface area contributed by atoms with Crippen molar-refractivity contribution in [3.8, 4) is 0 Å². The lowest BCUT2D eigenvalue weighted by molar-refractivity contribution is 0.409. The maximum Gasteiger partial charge on any atom is 0.141 e. The van der Waals surface area contributed by atoms with Gasteiger partial charge in [0, 0.05) is 12.6 Å². The number of hydrogen-bond donors (Lipinski definition) is 1. The molecule has 0 amide bonds. The molecule has 19 heavy (non-hydrogen) atoms. The van der Waals surface area contributed by atoms with E-state index in [-0.39, 0.29) is 5.54 Å². The highest BCUT2D eigenvalue weighted by Crippen LogP contribution is 2.07. The molecule has 0 spiro atoms. The molecule has 0 aromatic carbocycles. The van der Waals surface area contributed by atoms with Crippen molar-refractivity contribution in [2.24, 2.45) is 7.05 Å². The Bertz CT molecular complexity index is 546. The summed E-state index contributed by atoms with van der Waals surface area (Å²) < 4.78 is 3.80. The van der Waals surface area contributed by atoms with Crippen LogP contribution >= 0.6 is 0 Å². The highest BCUT2D eigenvalue weighted by atomic mass is 15.4. The highest BCUT2D eigenvalue weighted by molar-refractivity contribution is 5.09. The Labute approximate surface area is 113 Å². The first-order chi connectivity index (χ1) is 8.85. The van der Waals surface area contributed by atoms with Crippen molar-refractivity contribution in [1.82, 2.24) is 29.9 Å². The molecule has 6 heteroatoms. The van der Waals surface area contributed by atoms with E-state index in [4.69, 9.17) is 0 Å². The molecule has 0 aliphatic carbocycles. The smallest absolute Gasteiger partial charge is 0.141 e. The Morgan fingerprint density at radius 2 is 2.05 bits per heavy atom. The predicted molar refractivity (Wildman–Crippen MR) is 73.7 cm³/mol. The van der Waals surface area contributed by atoms with Gasteiger partial charge < -0.3 is 5.32 Å². The molecule has 0 bridgehead atoms. The largest absolute Gasteiger partial charge is 0.305 e. The Kier molecular flexibility index (Phi) is 3.71. The lowest BCUT2D eigenvalue weighted by Gasteiger charge is -2.20. The molecule has 0 fully saturated rings. The van der Waals surface area contributed by atoms with Crippen LogP contribution in [0.1, 0.15) is 38.0 Å². The number of aryl methyl sites for hydroxylation is 2.